The summed E-state index contributed by atoms with van der Waals surface area (Å²) >= 11 is 3.95. The quantitative estimate of drug-likeness (QED) is 0.0816. The number of unbranched alkanes of at least 4 members (excludes halogenated alkanes) is 1. The fourth-order valence-electron chi connectivity index (χ4n) is 2.39. The summed E-state index contributed by atoms with van der Waals surface area (Å²) in [5.41, 5.74) is 10.7. The maximum absolute atomic E-state index is 12.6. The molecule has 0 aromatic rings. The Morgan fingerprint density at radius 3 is 1.87 bits per heavy atom. The summed E-state index contributed by atoms with van der Waals surface area (Å²) in [6, 6.07) is -5.11. The summed E-state index contributed by atoms with van der Waals surface area (Å²) in [7, 11) is 0. The SMILES string of the molecule is NCCCCC(NC(=O)C(CCC(=O)O)NC(=O)C(CS)NC(=O)C(N)CO)C(=O)O. The third-order valence-electron chi connectivity index (χ3n) is 4.19. The van der Waals surface area contributed by atoms with E-state index in [0.717, 1.165) is 0 Å². The summed E-state index contributed by atoms with van der Waals surface area (Å²) in [4.78, 5) is 59.1. The monoisotopic (exact) mass is 465 g/mol. The van der Waals surface area contributed by atoms with Gasteiger partial charge in [0.25, 0.3) is 0 Å². The van der Waals surface area contributed by atoms with Crippen LogP contribution in [-0.4, -0.2) is 88.1 Å². The molecule has 31 heavy (non-hydrogen) atoms. The molecule has 10 N–H and O–H groups in total. The van der Waals surface area contributed by atoms with E-state index < -0.39 is 66.9 Å². The zero-order valence-corrected chi connectivity index (χ0v) is 17.8. The number of carboxylic acid groups (broad SMARTS) is 2. The molecule has 0 saturated carbocycles. The van der Waals surface area contributed by atoms with Gasteiger partial charge in [-0.05, 0) is 32.2 Å². The van der Waals surface area contributed by atoms with Crippen LogP contribution >= 0.6 is 12.6 Å². The van der Waals surface area contributed by atoms with Crippen LogP contribution in [0.1, 0.15) is 32.1 Å². The number of aliphatic hydroxyl groups is 1. The van der Waals surface area contributed by atoms with Crippen molar-refractivity contribution < 1.29 is 39.3 Å². The molecule has 0 aliphatic heterocycles. The van der Waals surface area contributed by atoms with Crippen LogP contribution in [0.4, 0.5) is 0 Å². The highest BCUT2D eigenvalue weighted by atomic mass is 32.1. The predicted octanol–water partition coefficient (Wildman–Crippen LogP) is -3.23. The fourth-order valence-corrected chi connectivity index (χ4v) is 2.64. The number of carbonyl (C=O) groups is 5. The van der Waals surface area contributed by atoms with E-state index in [1.807, 2.05) is 0 Å². The molecule has 0 saturated heterocycles. The molecule has 0 spiro atoms. The van der Waals surface area contributed by atoms with Crippen molar-refractivity contribution in [3.63, 3.8) is 0 Å². The van der Waals surface area contributed by atoms with E-state index in [1.165, 1.54) is 0 Å². The molecule has 0 aromatic carbocycles. The molecule has 0 aliphatic carbocycles. The summed E-state index contributed by atoms with van der Waals surface area (Å²) < 4.78 is 0. The van der Waals surface area contributed by atoms with Crippen molar-refractivity contribution >= 4 is 42.3 Å². The van der Waals surface area contributed by atoms with Gasteiger partial charge in [0.15, 0.2) is 0 Å². The molecule has 0 aliphatic rings. The number of hydrogen-bond acceptors (Lipinski definition) is 9. The molecule has 0 heterocycles. The second kappa shape index (κ2) is 15.4. The van der Waals surface area contributed by atoms with Gasteiger partial charge in [0.2, 0.25) is 17.7 Å². The van der Waals surface area contributed by atoms with Gasteiger partial charge in [-0.1, -0.05) is 0 Å². The normalized spacial score (nSPS) is 14.6. The maximum atomic E-state index is 12.6. The van der Waals surface area contributed by atoms with E-state index >= 15 is 0 Å². The highest BCUT2D eigenvalue weighted by molar-refractivity contribution is 7.80. The van der Waals surface area contributed by atoms with E-state index in [2.05, 4.69) is 28.6 Å². The topological polar surface area (TPSA) is 234 Å². The van der Waals surface area contributed by atoms with Gasteiger partial charge in [0.1, 0.15) is 24.2 Å². The fraction of sp³-hybridized carbons (Fsp3) is 0.706. The predicted molar refractivity (Wildman–Crippen MR) is 112 cm³/mol. The number of rotatable bonds is 16. The number of hydrogen-bond donors (Lipinski definition) is 9. The molecule has 14 heteroatoms. The first-order chi connectivity index (χ1) is 14.6. The molecule has 0 fully saturated rings. The number of carboxylic acids is 2. The number of thiol groups is 1. The minimum atomic E-state index is -1.37. The molecule has 3 amide bonds. The third kappa shape index (κ3) is 11.5. The van der Waals surface area contributed by atoms with Gasteiger partial charge in [-0.25, -0.2) is 4.79 Å². The molecule has 4 unspecified atom stereocenters. The van der Waals surface area contributed by atoms with E-state index in [1.54, 1.807) is 0 Å². The average Bonchev–Trinajstić information content (AvgIpc) is 2.72. The van der Waals surface area contributed by atoms with Crippen molar-refractivity contribution in [3.8, 4) is 0 Å². The maximum Gasteiger partial charge on any atom is 0.326 e. The highest BCUT2D eigenvalue weighted by Crippen LogP contribution is 2.05. The Morgan fingerprint density at radius 2 is 1.39 bits per heavy atom. The van der Waals surface area contributed by atoms with Gasteiger partial charge >= 0.3 is 11.9 Å². The van der Waals surface area contributed by atoms with Crippen molar-refractivity contribution in [3.05, 3.63) is 0 Å². The Labute approximate surface area is 184 Å². The van der Waals surface area contributed by atoms with E-state index in [4.69, 9.17) is 21.7 Å². The van der Waals surface area contributed by atoms with Gasteiger partial charge in [-0.3, -0.25) is 19.2 Å². The summed E-state index contributed by atoms with van der Waals surface area (Å²) in [5.74, 6) is -5.25. The Kier molecular flexibility index (Phi) is 14.2. The molecule has 0 radical (unpaired) electrons. The molecular formula is C17H31N5O8S. The average molecular weight is 466 g/mol. The summed E-state index contributed by atoms with van der Waals surface area (Å²) in [6.45, 7) is -0.300. The molecule has 0 aromatic heterocycles. The van der Waals surface area contributed by atoms with Crippen LogP contribution in [0.15, 0.2) is 0 Å². The third-order valence-corrected chi connectivity index (χ3v) is 4.56. The zero-order chi connectivity index (χ0) is 24.0. The molecule has 13 nitrogen and oxygen atoms in total. The second-order valence-electron chi connectivity index (χ2n) is 6.71. The van der Waals surface area contributed by atoms with Crippen molar-refractivity contribution in [2.45, 2.75) is 56.3 Å². The van der Waals surface area contributed by atoms with Crippen LogP contribution in [-0.2, 0) is 24.0 Å². The Balaban J connectivity index is 5.26. The van der Waals surface area contributed by atoms with Crippen molar-refractivity contribution in [1.82, 2.24) is 16.0 Å². The van der Waals surface area contributed by atoms with Gasteiger partial charge in [0.05, 0.1) is 6.61 Å². The first-order valence-electron chi connectivity index (χ1n) is 9.60. The lowest BCUT2D eigenvalue weighted by Gasteiger charge is -2.24. The lowest BCUT2D eigenvalue weighted by atomic mass is 10.1. The van der Waals surface area contributed by atoms with Gasteiger partial charge in [0, 0.05) is 12.2 Å². The standard InChI is InChI=1S/C17H31N5O8S/c18-6-2-1-3-11(17(29)30)21-15(27)10(4-5-13(24)25)20-16(28)12(8-31)22-14(26)9(19)7-23/h9-12,23,31H,1-8,18-19H2,(H,20,28)(H,21,27)(H,22,26)(H,24,25)(H,29,30). The Hall–Kier alpha value is -2.42. The van der Waals surface area contributed by atoms with Crippen LogP contribution < -0.4 is 27.4 Å². The minimum absolute atomic E-state index is 0.103. The van der Waals surface area contributed by atoms with Crippen molar-refractivity contribution in [1.29, 1.82) is 0 Å². The van der Waals surface area contributed by atoms with Gasteiger partial charge < -0.3 is 42.7 Å². The van der Waals surface area contributed by atoms with Crippen LogP contribution in [0, 0.1) is 0 Å². The van der Waals surface area contributed by atoms with Gasteiger partial charge in [-0.15, -0.1) is 0 Å². The van der Waals surface area contributed by atoms with Crippen molar-refractivity contribution in [2.75, 3.05) is 18.9 Å². The first-order valence-corrected chi connectivity index (χ1v) is 10.2. The minimum Gasteiger partial charge on any atom is -0.481 e. The van der Waals surface area contributed by atoms with E-state index in [9.17, 15) is 29.1 Å². The Morgan fingerprint density at radius 1 is 0.839 bits per heavy atom. The van der Waals surface area contributed by atoms with Crippen LogP contribution in [0.5, 0.6) is 0 Å². The van der Waals surface area contributed by atoms with Crippen LogP contribution in [0.3, 0.4) is 0 Å². The summed E-state index contributed by atoms with van der Waals surface area (Å²) in [6.07, 6.45) is 0.311. The Bertz CT molecular complexity index is 636. The lowest BCUT2D eigenvalue weighted by Crippen LogP contribution is -2.58. The second-order valence-corrected chi connectivity index (χ2v) is 7.08. The van der Waals surface area contributed by atoms with Crippen LogP contribution in [0.25, 0.3) is 0 Å². The molecule has 4 atom stereocenters. The number of carbonyl (C=O) groups excluding carboxylic acids is 3. The number of aliphatic carboxylic acids is 2. The molecule has 178 valence electrons. The number of aliphatic hydroxyl groups excluding tert-OH is 1. The molecular weight excluding hydrogens is 434 g/mol. The zero-order valence-electron chi connectivity index (χ0n) is 17.0. The first kappa shape index (κ1) is 28.6. The van der Waals surface area contributed by atoms with E-state index in [0.29, 0.717) is 19.4 Å². The smallest absolute Gasteiger partial charge is 0.326 e. The van der Waals surface area contributed by atoms with Crippen LogP contribution in [0.2, 0.25) is 0 Å². The largest absolute Gasteiger partial charge is 0.481 e. The highest BCUT2D eigenvalue weighted by Gasteiger charge is 2.30. The number of nitrogens with one attached hydrogen (secondary N) is 3. The van der Waals surface area contributed by atoms with Crippen molar-refractivity contribution in [2.24, 2.45) is 11.5 Å². The summed E-state index contributed by atoms with van der Waals surface area (Å²) in [5, 5.41) is 33.9. The lowest BCUT2D eigenvalue weighted by molar-refractivity contribution is -0.143. The molecule has 0 rings (SSSR count). The van der Waals surface area contributed by atoms with Gasteiger partial charge in [-0.2, -0.15) is 12.6 Å². The molecule has 0 bridgehead atoms. The number of nitrogens with two attached hydrogens (primary N) is 2. The van der Waals surface area contributed by atoms with E-state index in [-0.39, 0.29) is 18.6 Å². The number of amides is 3.